The molecule has 12 rings (SSSR count). The minimum Gasteiger partial charge on any atom is -0.462 e. The van der Waals surface area contributed by atoms with Crippen LogP contribution in [0.25, 0.3) is 90.8 Å². The number of aromatic nitrogens is 6. The van der Waals surface area contributed by atoms with Crippen LogP contribution in [0.1, 0.15) is 87.5 Å². The number of anilines is 1. The smallest absolute Gasteiger partial charge is 0.416 e. The molecule has 12 aromatic rings. The van der Waals surface area contributed by atoms with Crippen molar-refractivity contribution in [1.82, 2.24) is 29.9 Å². The summed E-state index contributed by atoms with van der Waals surface area (Å²) in [4.78, 5) is 35.6. The van der Waals surface area contributed by atoms with E-state index in [1.54, 1.807) is 57.2 Å². The molecule has 462 valence electrons. The number of halogens is 9. The second kappa shape index (κ2) is 26.7. The predicted octanol–water partition coefficient (Wildman–Crippen LogP) is 18.9. The third-order valence-corrected chi connectivity index (χ3v) is 14.7. The van der Waals surface area contributed by atoms with Crippen molar-refractivity contribution >= 4 is 69.1 Å². The van der Waals surface area contributed by atoms with Crippen LogP contribution in [-0.4, -0.2) is 47.6 Å². The Kier molecular flexibility index (Phi) is 18.6. The summed E-state index contributed by atoms with van der Waals surface area (Å²) in [5, 5.41) is 10.5. The van der Waals surface area contributed by atoms with Crippen LogP contribution in [0.15, 0.2) is 200 Å². The van der Waals surface area contributed by atoms with Gasteiger partial charge in [0, 0.05) is 17.7 Å². The first-order valence-corrected chi connectivity index (χ1v) is 28.6. The van der Waals surface area contributed by atoms with E-state index in [1.807, 2.05) is 115 Å². The molecule has 0 bridgehead atoms. The van der Waals surface area contributed by atoms with E-state index < -0.39 is 40.8 Å². The second-order valence-corrected chi connectivity index (χ2v) is 21.7. The number of fused-ring (bicyclic) bond motifs is 3. The van der Waals surface area contributed by atoms with Gasteiger partial charge in [-0.1, -0.05) is 127 Å². The third kappa shape index (κ3) is 15.8. The summed E-state index contributed by atoms with van der Waals surface area (Å²) in [6.45, 7) is 5.58. The lowest BCUT2D eigenvalue weighted by atomic mass is 9.89. The highest BCUT2D eigenvalue weighted by molar-refractivity contribution is 5.98. The number of imidazole rings is 3. The Labute approximate surface area is 516 Å². The lowest BCUT2D eigenvalue weighted by Crippen LogP contribution is -2.16. The highest BCUT2D eigenvalue weighted by atomic mass is 19.4. The first kappa shape index (κ1) is 63.5. The number of hydrogen-bond donors (Lipinski definition) is 5. The van der Waals surface area contributed by atoms with Gasteiger partial charge in [0.1, 0.15) is 17.5 Å². The van der Waals surface area contributed by atoms with Crippen molar-refractivity contribution in [2.24, 2.45) is 0 Å². The van der Waals surface area contributed by atoms with Crippen molar-refractivity contribution in [1.29, 1.82) is 0 Å². The van der Waals surface area contributed by atoms with E-state index in [-0.39, 0.29) is 5.97 Å². The van der Waals surface area contributed by atoms with Crippen LogP contribution in [-0.2, 0) is 41.7 Å². The molecule has 0 unspecified atom stereocenters. The molecule has 3 heterocycles. The number of aromatic amines is 3. The number of benzene rings is 9. The predicted molar refractivity (Wildman–Crippen MR) is 340 cm³/mol. The highest BCUT2D eigenvalue weighted by Gasteiger charge is 2.32. The van der Waals surface area contributed by atoms with E-state index in [1.165, 1.54) is 36.4 Å². The molecule has 0 aliphatic heterocycles. The van der Waals surface area contributed by atoms with Crippen LogP contribution in [0.4, 0.5) is 45.2 Å². The van der Waals surface area contributed by atoms with Gasteiger partial charge >= 0.3 is 24.5 Å². The topological polar surface area (TPSA) is 159 Å². The fraction of sp³-hybridized carbons (Fsp3) is 0.139. The number of rotatable bonds is 13. The molecule has 91 heavy (non-hydrogen) atoms. The molecule has 0 amide bonds. The Balaban J connectivity index is 0.000000150. The molecule has 0 radical (unpaired) electrons. The molecule has 0 aliphatic rings. The molecule has 0 saturated carbocycles. The van der Waals surface area contributed by atoms with Gasteiger partial charge in [-0.05, 0) is 174 Å². The highest BCUT2D eigenvalue weighted by Crippen LogP contribution is 2.36. The normalized spacial score (nSPS) is 12.1. The van der Waals surface area contributed by atoms with Crippen molar-refractivity contribution in [3.8, 4) is 33.4 Å². The maximum absolute atomic E-state index is 12.7. The van der Waals surface area contributed by atoms with Crippen LogP contribution >= 0.6 is 0 Å². The van der Waals surface area contributed by atoms with Gasteiger partial charge in [0.2, 0.25) is 0 Å². The number of ether oxygens (including phenoxy) is 1. The zero-order valence-electron chi connectivity index (χ0n) is 49.1. The number of para-hydroxylation sites is 1. The van der Waals surface area contributed by atoms with Crippen LogP contribution in [0, 0.1) is 0 Å². The monoisotopic (exact) mass is 1240 g/mol. The lowest BCUT2D eigenvalue weighted by molar-refractivity contribution is -0.138. The molecule has 3 aromatic heterocycles. The Morgan fingerprint density at radius 1 is 0.484 bits per heavy atom. The Hall–Kier alpha value is -10.5. The third-order valence-electron chi connectivity index (χ3n) is 14.7. The molecule has 0 saturated heterocycles. The molecule has 6 N–H and O–H groups in total. The number of H-pyrrole nitrogens is 3. The van der Waals surface area contributed by atoms with Gasteiger partial charge < -0.3 is 30.5 Å². The SMILES string of the molecule is CC(C)(O)c1ccccc1-c1ccc2nc(CCc3ccc(C(F)(F)F)cc3)[nH]c2c1.CCOC(=O)c1ccccc1-c1ccc2nc(/C=C/c3ccc(C(F)(F)F)cc3)[nH]c2c1.Nc1ccccc1-c1ccc2nc(/C=C/c3ccc(C(F)(F)F)cc3)[nH]c2c1. The van der Waals surface area contributed by atoms with Crippen LogP contribution in [0.3, 0.4) is 0 Å². The van der Waals surface area contributed by atoms with Gasteiger partial charge in [-0.15, -0.1) is 0 Å². The van der Waals surface area contributed by atoms with E-state index in [0.29, 0.717) is 53.5 Å². The zero-order valence-corrected chi connectivity index (χ0v) is 49.1. The molecule has 0 spiro atoms. The van der Waals surface area contributed by atoms with Gasteiger partial charge in [0.15, 0.2) is 0 Å². The molecule has 0 atom stereocenters. The van der Waals surface area contributed by atoms with Crippen LogP contribution in [0.5, 0.6) is 0 Å². The van der Waals surface area contributed by atoms with Gasteiger partial charge in [-0.3, -0.25) is 0 Å². The number of alkyl halides is 9. The van der Waals surface area contributed by atoms with Gasteiger partial charge in [-0.2, -0.15) is 39.5 Å². The summed E-state index contributed by atoms with van der Waals surface area (Å²) >= 11 is 0. The lowest BCUT2D eigenvalue weighted by Gasteiger charge is -2.21. The standard InChI is InChI=1S/C25H19F3N2O2.C25H23F3N2O.C22H16F3N3/c1-2-32-24(31)20-6-4-3-5-19(20)17-10-13-21-22(15-17)30-23(29-21)14-9-16-7-11-18(12-8-16)25(26,27)28;1-24(2,31)20-6-4-3-5-19(20)17-10-13-21-22(15-17)30-23(29-21)14-9-16-7-11-18(12-8-16)25(26,27)28;23-22(24,25)16-9-5-14(6-10-16)7-12-21-27-19-11-8-15(13-20(19)28-21)17-3-1-2-4-18(17)26/h3-15H,2H2,1H3,(H,29,30);3-8,10-13,15,31H,9,14H2,1-2H3,(H,29,30);1-13H,26H2,(H,27,28)/b14-9+;;12-7+. The Bertz CT molecular complexity index is 4570. The number of nitrogens with one attached hydrogen (secondary N) is 3. The minimum atomic E-state index is -4.36. The Morgan fingerprint density at radius 3 is 1.38 bits per heavy atom. The van der Waals surface area contributed by atoms with Crippen molar-refractivity contribution in [2.45, 2.75) is 57.7 Å². The number of hydrogen-bond acceptors (Lipinski definition) is 7. The number of carbonyl (C=O) groups excluding carboxylic acids is 1. The molecular weight excluding hydrogens is 1180 g/mol. The molecule has 0 aliphatic carbocycles. The summed E-state index contributed by atoms with van der Waals surface area (Å²) in [6, 6.07) is 55.1. The summed E-state index contributed by atoms with van der Waals surface area (Å²) < 4.78 is 119. The number of aryl methyl sites for hydroxylation is 2. The number of esters is 1. The minimum absolute atomic E-state index is 0.293. The van der Waals surface area contributed by atoms with E-state index in [4.69, 9.17) is 10.5 Å². The first-order chi connectivity index (χ1) is 43.4. The van der Waals surface area contributed by atoms with Crippen LogP contribution in [0.2, 0.25) is 0 Å². The van der Waals surface area contributed by atoms with Gasteiger partial charge in [-0.25, -0.2) is 19.7 Å². The second-order valence-electron chi connectivity index (χ2n) is 21.7. The number of carbonyl (C=O) groups is 1. The fourth-order valence-corrected chi connectivity index (χ4v) is 10.1. The summed E-state index contributed by atoms with van der Waals surface area (Å²) in [5.41, 5.74) is 17.5. The maximum atomic E-state index is 12.7. The number of aliphatic hydroxyl groups is 1. The first-order valence-electron chi connectivity index (χ1n) is 28.6. The van der Waals surface area contributed by atoms with Crippen molar-refractivity contribution in [3.05, 3.63) is 262 Å². The summed E-state index contributed by atoms with van der Waals surface area (Å²) in [6.07, 6.45) is -4.98. The zero-order chi connectivity index (χ0) is 64.7. The molecule has 19 heteroatoms. The van der Waals surface area contributed by atoms with E-state index in [0.717, 1.165) is 120 Å². The molecule has 9 aromatic carbocycles. The maximum Gasteiger partial charge on any atom is 0.416 e. The molecule has 10 nitrogen and oxygen atoms in total. The molecule has 0 fully saturated rings. The van der Waals surface area contributed by atoms with E-state index in [9.17, 15) is 49.4 Å². The van der Waals surface area contributed by atoms with E-state index in [2.05, 4.69) is 29.9 Å². The van der Waals surface area contributed by atoms with Crippen molar-refractivity contribution < 1.29 is 54.2 Å². The number of nitrogens with two attached hydrogens (primary N) is 1. The Morgan fingerprint density at radius 2 is 0.901 bits per heavy atom. The van der Waals surface area contributed by atoms with Crippen molar-refractivity contribution in [2.75, 3.05) is 12.3 Å². The average Bonchev–Trinajstić information content (AvgIpc) is 1.81. The molecular formula is C72H58F9N7O3. The van der Waals surface area contributed by atoms with E-state index >= 15 is 0 Å². The van der Waals surface area contributed by atoms with Gasteiger partial charge in [0.25, 0.3) is 0 Å². The fourth-order valence-electron chi connectivity index (χ4n) is 10.1. The number of nitrogens with zero attached hydrogens (tertiary/aromatic N) is 3. The van der Waals surface area contributed by atoms with Gasteiger partial charge in [0.05, 0.1) is 67.6 Å². The summed E-state index contributed by atoms with van der Waals surface area (Å²) in [5.74, 6) is 1.58. The van der Waals surface area contributed by atoms with Crippen molar-refractivity contribution in [3.63, 3.8) is 0 Å². The largest absolute Gasteiger partial charge is 0.462 e. The van der Waals surface area contributed by atoms with Crippen LogP contribution < -0.4 is 5.73 Å². The quantitative estimate of drug-likeness (QED) is 0.0437. The average molecular weight is 1240 g/mol. The number of nitrogen functional groups attached to an aromatic ring is 1. The summed E-state index contributed by atoms with van der Waals surface area (Å²) in [7, 11) is 0.